The molecular weight excluding hydrogens is 313 g/mol. The van der Waals surface area contributed by atoms with Crippen molar-refractivity contribution in [2.45, 2.75) is 25.6 Å². The topological polar surface area (TPSA) is 55.1 Å². The number of anilines is 1. The lowest BCUT2D eigenvalue weighted by atomic mass is 10.0. The highest BCUT2D eigenvalue weighted by Crippen LogP contribution is 2.31. The highest BCUT2D eigenvalue weighted by molar-refractivity contribution is 9.10. The molecule has 1 rings (SSSR count). The molecule has 1 atom stereocenters. The molecule has 3 N–H and O–H groups in total. The summed E-state index contributed by atoms with van der Waals surface area (Å²) >= 11 is 3.19. The number of carbonyl (C=O) groups excluding carboxylic acids is 1. The number of halogens is 4. The SMILES string of the molecule is Cc1cccc(NC(=O)C(C)(N)C(F)(F)F)c1Br. The molecule has 18 heavy (non-hydrogen) atoms. The first-order valence-electron chi connectivity index (χ1n) is 4.99. The first-order chi connectivity index (χ1) is 8.07. The molecule has 0 saturated heterocycles. The number of benzene rings is 1. The lowest BCUT2D eigenvalue weighted by molar-refractivity contribution is -0.184. The Morgan fingerprint density at radius 1 is 1.39 bits per heavy atom. The van der Waals surface area contributed by atoms with Crippen molar-refractivity contribution in [3.63, 3.8) is 0 Å². The fraction of sp³-hybridized carbons (Fsp3) is 0.364. The van der Waals surface area contributed by atoms with Gasteiger partial charge in [-0.15, -0.1) is 0 Å². The van der Waals surface area contributed by atoms with Gasteiger partial charge in [0.15, 0.2) is 5.54 Å². The summed E-state index contributed by atoms with van der Waals surface area (Å²) in [7, 11) is 0. The van der Waals surface area contributed by atoms with Gasteiger partial charge in [-0.25, -0.2) is 0 Å². The van der Waals surface area contributed by atoms with E-state index >= 15 is 0 Å². The molecule has 100 valence electrons. The Morgan fingerprint density at radius 3 is 2.44 bits per heavy atom. The van der Waals surface area contributed by atoms with E-state index in [1.807, 2.05) is 0 Å². The Kier molecular flexibility index (Phi) is 4.07. The van der Waals surface area contributed by atoms with Crippen molar-refractivity contribution >= 4 is 27.5 Å². The summed E-state index contributed by atoms with van der Waals surface area (Å²) < 4.78 is 38.2. The number of carbonyl (C=O) groups is 1. The van der Waals surface area contributed by atoms with Gasteiger partial charge >= 0.3 is 6.18 Å². The van der Waals surface area contributed by atoms with Crippen molar-refractivity contribution in [2.75, 3.05) is 5.32 Å². The molecular formula is C11H12BrF3N2O. The monoisotopic (exact) mass is 324 g/mol. The molecule has 0 aliphatic carbocycles. The smallest absolute Gasteiger partial charge is 0.323 e. The normalized spacial score (nSPS) is 15.1. The number of rotatable bonds is 2. The van der Waals surface area contributed by atoms with E-state index in [1.165, 1.54) is 6.07 Å². The van der Waals surface area contributed by atoms with Crippen LogP contribution in [-0.2, 0) is 4.79 Å². The summed E-state index contributed by atoms with van der Waals surface area (Å²) in [5, 5.41) is 2.17. The van der Waals surface area contributed by atoms with Gasteiger partial charge in [-0.3, -0.25) is 4.79 Å². The van der Waals surface area contributed by atoms with E-state index in [2.05, 4.69) is 21.2 Å². The summed E-state index contributed by atoms with van der Waals surface area (Å²) in [5.74, 6) is -1.30. The van der Waals surface area contributed by atoms with E-state index in [0.29, 0.717) is 11.4 Å². The second kappa shape index (κ2) is 4.89. The van der Waals surface area contributed by atoms with Gasteiger partial charge in [0.25, 0.3) is 5.91 Å². The zero-order valence-corrected chi connectivity index (χ0v) is 11.3. The average Bonchev–Trinajstić information content (AvgIpc) is 2.23. The van der Waals surface area contributed by atoms with Gasteiger partial charge in [0.2, 0.25) is 0 Å². The third-order valence-electron chi connectivity index (χ3n) is 2.50. The minimum absolute atomic E-state index is 0.251. The molecule has 1 amide bonds. The molecule has 0 radical (unpaired) electrons. The average molecular weight is 325 g/mol. The van der Waals surface area contributed by atoms with Crippen molar-refractivity contribution in [2.24, 2.45) is 5.73 Å². The number of nitrogens with two attached hydrogens (primary N) is 1. The number of nitrogens with one attached hydrogen (secondary N) is 1. The van der Waals surface area contributed by atoms with E-state index in [-0.39, 0.29) is 5.69 Å². The number of alkyl halides is 3. The molecule has 0 heterocycles. The fourth-order valence-electron chi connectivity index (χ4n) is 1.12. The number of aryl methyl sites for hydroxylation is 1. The Hall–Kier alpha value is -1.08. The van der Waals surface area contributed by atoms with Crippen molar-refractivity contribution in [1.29, 1.82) is 0 Å². The molecule has 3 nitrogen and oxygen atoms in total. The van der Waals surface area contributed by atoms with E-state index in [4.69, 9.17) is 5.73 Å². The van der Waals surface area contributed by atoms with Crippen LogP contribution in [0.15, 0.2) is 22.7 Å². The third kappa shape index (κ3) is 2.84. The third-order valence-corrected chi connectivity index (χ3v) is 3.55. The summed E-state index contributed by atoms with van der Waals surface area (Å²) in [6.07, 6.45) is -4.81. The van der Waals surface area contributed by atoms with Crippen molar-refractivity contribution in [3.05, 3.63) is 28.2 Å². The lowest BCUT2D eigenvalue weighted by Gasteiger charge is -2.26. The maximum atomic E-state index is 12.6. The van der Waals surface area contributed by atoms with Crippen LogP contribution in [0.3, 0.4) is 0 Å². The van der Waals surface area contributed by atoms with Gasteiger partial charge in [-0.05, 0) is 41.4 Å². The van der Waals surface area contributed by atoms with Crippen molar-refractivity contribution in [1.82, 2.24) is 0 Å². The Balaban J connectivity index is 2.99. The highest BCUT2D eigenvalue weighted by atomic mass is 79.9. The van der Waals surface area contributed by atoms with Gasteiger partial charge in [0, 0.05) is 4.47 Å². The van der Waals surface area contributed by atoms with Crippen molar-refractivity contribution < 1.29 is 18.0 Å². The molecule has 0 spiro atoms. The molecule has 1 aromatic carbocycles. The predicted molar refractivity (Wildman–Crippen MR) is 66.2 cm³/mol. The standard InChI is InChI=1S/C11H12BrF3N2O/c1-6-4-3-5-7(8(6)12)17-9(18)10(2,16)11(13,14)15/h3-5H,16H2,1-2H3,(H,17,18). The Morgan fingerprint density at radius 2 is 1.94 bits per heavy atom. The highest BCUT2D eigenvalue weighted by Gasteiger charge is 2.54. The maximum absolute atomic E-state index is 12.6. The second-order valence-corrected chi connectivity index (χ2v) is 4.88. The van der Waals surface area contributed by atoms with Crippen LogP contribution < -0.4 is 11.1 Å². The summed E-state index contributed by atoms with van der Waals surface area (Å²) in [5.41, 5.74) is 3.13. The zero-order chi connectivity index (χ0) is 14.1. The Labute approximate surface area is 111 Å². The van der Waals surface area contributed by atoms with Gasteiger partial charge in [0.1, 0.15) is 0 Å². The molecule has 0 bridgehead atoms. The summed E-state index contributed by atoms with van der Waals surface area (Å²) in [6.45, 7) is 2.39. The van der Waals surface area contributed by atoms with Crippen LogP contribution in [0.25, 0.3) is 0 Å². The molecule has 1 unspecified atom stereocenters. The molecule has 0 fully saturated rings. The number of amides is 1. The van der Waals surface area contributed by atoms with Crippen LogP contribution in [-0.4, -0.2) is 17.6 Å². The fourth-order valence-corrected chi connectivity index (χ4v) is 1.49. The van der Waals surface area contributed by atoms with E-state index in [0.717, 1.165) is 5.56 Å². The van der Waals surface area contributed by atoms with Crippen LogP contribution in [0, 0.1) is 6.92 Å². The Bertz CT molecular complexity index is 472. The van der Waals surface area contributed by atoms with E-state index in [9.17, 15) is 18.0 Å². The second-order valence-electron chi connectivity index (χ2n) is 4.09. The lowest BCUT2D eigenvalue weighted by Crippen LogP contribution is -2.59. The zero-order valence-electron chi connectivity index (χ0n) is 9.73. The van der Waals surface area contributed by atoms with E-state index in [1.54, 1.807) is 19.1 Å². The molecule has 0 aromatic heterocycles. The minimum atomic E-state index is -4.81. The van der Waals surface area contributed by atoms with Gasteiger partial charge < -0.3 is 11.1 Å². The molecule has 0 saturated carbocycles. The maximum Gasteiger partial charge on any atom is 0.415 e. The largest absolute Gasteiger partial charge is 0.415 e. The minimum Gasteiger partial charge on any atom is -0.323 e. The molecule has 0 aliphatic rings. The van der Waals surface area contributed by atoms with Gasteiger partial charge in [-0.1, -0.05) is 12.1 Å². The number of hydrogen-bond acceptors (Lipinski definition) is 2. The van der Waals surface area contributed by atoms with Crippen LogP contribution >= 0.6 is 15.9 Å². The quantitative estimate of drug-likeness (QED) is 0.878. The van der Waals surface area contributed by atoms with Crippen LogP contribution in [0.1, 0.15) is 12.5 Å². The summed E-state index contributed by atoms with van der Waals surface area (Å²) in [4.78, 5) is 11.6. The van der Waals surface area contributed by atoms with Gasteiger partial charge in [-0.2, -0.15) is 13.2 Å². The number of hydrogen-bond donors (Lipinski definition) is 2. The van der Waals surface area contributed by atoms with E-state index < -0.39 is 17.6 Å². The van der Waals surface area contributed by atoms with Crippen LogP contribution in [0.5, 0.6) is 0 Å². The molecule has 7 heteroatoms. The van der Waals surface area contributed by atoms with Gasteiger partial charge in [0.05, 0.1) is 5.69 Å². The molecule has 1 aromatic rings. The first-order valence-corrected chi connectivity index (χ1v) is 5.79. The van der Waals surface area contributed by atoms with Crippen LogP contribution in [0.4, 0.5) is 18.9 Å². The molecule has 0 aliphatic heterocycles. The first kappa shape index (κ1) is 15.0. The predicted octanol–water partition coefficient (Wildman–Crippen LogP) is 2.98. The van der Waals surface area contributed by atoms with Crippen molar-refractivity contribution in [3.8, 4) is 0 Å². The van der Waals surface area contributed by atoms with Crippen LogP contribution in [0.2, 0.25) is 0 Å². The summed E-state index contributed by atoms with van der Waals surface area (Å²) in [6, 6.07) is 4.86.